The van der Waals surface area contributed by atoms with E-state index in [1.54, 1.807) is 0 Å². The van der Waals surface area contributed by atoms with Crippen LogP contribution < -0.4 is 0 Å². The molecule has 0 saturated carbocycles. The minimum atomic E-state index is -3.84. The highest BCUT2D eigenvalue weighted by molar-refractivity contribution is 7.89. The summed E-state index contributed by atoms with van der Waals surface area (Å²) in [5.74, 6) is -0.853. The van der Waals surface area contributed by atoms with Crippen LogP contribution in [-0.2, 0) is 10.0 Å². The maximum Gasteiger partial charge on any atom is 0.245 e. The first-order chi connectivity index (χ1) is 8.41. The van der Waals surface area contributed by atoms with Gasteiger partial charge in [0.05, 0.1) is 6.10 Å². The molecule has 1 N–H and O–H groups in total. The van der Waals surface area contributed by atoms with E-state index in [0.717, 1.165) is 12.1 Å². The van der Waals surface area contributed by atoms with Gasteiger partial charge in [0.15, 0.2) is 0 Å². The third-order valence-corrected chi connectivity index (χ3v) is 5.10. The van der Waals surface area contributed by atoms with Gasteiger partial charge in [-0.2, -0.15) is 4.31 Å². The van der Waals surface area contributed by atoms with E-state index in [1.165, 1.54) is 10.4 Å². The molecule has 1 saturated heterocycles. The zero-order valence-corrected chi connectivity index (χ0v) is 11.1. The predicted molar refractivity (Wildman–Crippen MR) is 65.4 cm³/mol. The SMILES string of the molecule is O=S(=O)(c1ccc(Cl)cc1F)N1CCC(O)CC1. The first kappa shape index (κ1) is 13.7. The molecular weight excluding hydrogens is 281 g/mol. The topological polar surface area (TPSA) is 57.6 Å². The van der Waals surface area contributed by atoms with Crippen molar-refractivity contribution in [2.24, 2.45) is 0 Å². The van der Waals surface area contributed by atoms with Crippen LogP contribution >= 0.6 is 11.6 Å². The zero-order valence-electron chi connectivity index (χ0n) is 9.51. The third-order valence-electron chi connectivity index (χ3n) is 2.94. The van der Waals surface area contributed by atoms with Crippen LogP contribution in [0.5, 0.6) is 0 Å². The Balaban J connectivity index is 2.30. The van der Waals surface area contributed by atoms with E-state index in [0.29, 0.717) is 12.8 Å². The molecule has 0 aromatic heterocycles. The van der Waals surface area contributed by atoms with Gasteiger partial charge in [0.25, 0.3) is 0 Å². The van der Waals surface area contributed by atoms with Crippen LogP contribution in [-0.4, -0.2) is 37.0 Å². The highest BCUT2D eigenvalue weighted by atomic mass is 35.5. The summed E-state index contributed by atoms with van der Waals surface area (Å²) in [4.78, 5) is -0.372. The molecule has 0 spiro atoms. The molecular formula is C11H13ClFNO3S. The van der Waals surface area contributed by atoms with Crippen molar-refractivity contribution in [2.75, 3.05) is 13.1 Å². The van der Waals surface area contributed by atoms with Crippen LogP contribution in [0, 0.1) is 5.82 Å². The van der Waals surface area contributed by atoms with E-state index in [4.69, 9.17) is 11.6 Å². The van der Waals surface area contributed by atoms with E-state index in [-0.39, 0.29) is 23.0 Å². The lowest BCUT2D eigenvalue weighted by atomic mass is 10.1. The molecule has 1 aliphatic rings. The zero-order chi connectivity index (χ0) is 13.3. The molecule has 1 heterocycles. The summed E-state index contributed by atoms with van der Waals surface area (Å²) in [5, 5.41) is 9.49. The van der Waals surface area contributed by atoms with Crippen molar-refractivity contribution in [2.45, 2.75) is 23.8 Å². The smallest absolute Gasteiger partial charge is 0.245 e. The summed E-state index contributed by atoms with van der Waals surface area (Å²) in [7, 11) is -3.84. The molecule has 0 amide bonds. The van der Waals surface area contributed by atoms with Crippen molar-refractivity contribution in [3.05, 3.63) is 29.0 Å². The quantitative estimate of drug-likeness (QED) is 0.901. The lowest BCUT2D eigenvalue weighted by molar-refractivity contribution is 0.113. The fourth-order valence-corrected chi connectivity index (χ4v) is 3.58. The number of aliphatic hydroxyl groups excluding tert-OH is 1. The van der Waals surface area contributed by atoms with Crippen molar-refractivity contribution < 1.29 is 17.9 Å². The molecule has 0 radical (unpaired) electrons. The summed E-state index contributed by atoms with van der Waals surface area (Å²) in [6.45, 7) is 0.400. The Morgan fingerprint density at radius 2 is 1.94 bits per heavy atom. The van der Waals surface area contributed by atoms with Gasteiger partial charge in [0, 0.05) is 18.1 Å². The first-order valence-corrected chi connectivity index (χ1v) is 7.36. The second-order valence-electron chi connectivity index (χ2n) is 4.21. The molecule has 18 heavy (non-hydrogen) atoms. The van der Waals surface area contributed by atoms with Gasteiger partial charge in [-0.25, -0.2) is 12.8 Å². The number of nitrogens with zero attached hydrogens (tertiary/aromatic N) is 1. The van der Waals surface area contributed by atoms with E-state index < -0.39 is 21.9 Å². The molecule has 7 heteroatoms. The van der Waals surface area contributed by atoms with Crippen LogP contribution in [0.1, 0.15) is 12.8 Å². The van der Waals surface area contributed by atoms with Crippen LogP contribution in [0.2, 0.25) is 5.02 Å². The highest BCUT2D eigenvalue weighted by Crippen LogP contribution is 2.24. The largest absolute Gasteiger partial charge is 0.393 e. The average Bonchev–Trinajstić information content (AvgIpc) is 2.29. The molecule has 2 rings (SSSR count). The maximum absolute atomic E-state index is 13.6. The van der Waals surface area contributed by atoms with E-state index in [1.807, 2.05) is 0 Å². The third kappa shape index (κ3) is 2.66. The van der Waals surface area contributed by atoms with Crippen molar-refractivity contribution in [3.8, 4) is 0 Å². The monoisotopic (exact) mass is 293 g/mol. The van der Waals surface area contributed by atoms with Crippen LogP contribution in [0.15, 0.2) is 23.1 Å². The minimum absolute atomic E-state index is 0.153. The van der Waals surface area contributed by atoms with Gasteiger partial charge in [-0.15, -0.1) is 0 Å². The lowest BCUT2D eigenvalue weighted by Crippen LogP contribution is -2.40. The Labute approximate surface area is 110 Å². The van der Waals surface area contributed by atoms with Crippen LogP contribution in [0.4, 0.5) is 4.39 Å². The number of halogens is 2. The molecule has 1 fully saturated rings. The molecule has 1 aliphatic heterocycles. The number of benzene rings is 1. The van der Waals surface area contributed by atoms with E-state index >= 15 is 0 Å². The van der Waals surface area contributed by atoms with Gasteiger partial charge in [-0.05, 0) is 31.0 Å². The Bertz CT molecular complexity index is 541. The Hall–Kier alpha value is -0.690. The lowest BCUT2D eigenvalue weighted by Gasteiger charge is -2.28. The summed E-state index contributed by atoms with van der Waals surface area (Å²) in [5.41, 5.74) is 0. The number of hydrogen-bond acceptors (Lipinski definition) is 3. The molecule has 1 aromatic rings. The normalized spacial score (nSPS) is 19.1. The number of hydrogen-bond donors (Lipinski definition) is 1. The summed E-state index contributed by atoms with van der Waals surface area (Å²) >= 11 is 5.59. The fourth-order valence-electron chi connectivity index (χ4n) is 1.91. The Morgan fingerprint density at radius 1 is 1.33 bits per heavy atom. The van der Waals surface area contributed by atoms with Gasteiger partial charge < -0.3 is 5.11 Å². The van der Waals surface area contributed by atoms with Crippen LogP contribution in [0.3, 0.4) is 0 Å². The minimum Gasteiger partial charge on any atom is -0.393 e. The number of aliphatic hydroxyl groups is 1. The number of piperidine rings is 1. The second-order valence-corrected chi connectivity index (χ2v) is 6.55. The molecule has 4 nitrogen and oxygen atoms in total. The van der Waals surface area contributed by atoms with Gasteiger partial charge in [-0.1, -0.05) is 11.6 Å². The molecule has 0 aliphatic carbocycles. The Morgan fingerprint density at radius 3 is 2.50 bits per heavy atom. The van der Waals surface area contributed by atoms with E-state index in [9.17, 15) is 17.9 Å². The van der Waals surface area contributed by atoms with E-state index in [2.05, 4.69) is 0 Å². The van der Waals surface area contributed by atoms with Crippen molar-refractivity contribution >= 4 is 21.6 Å². The molecule has 0 bridgehead atoms. The predicted octanol–water partition coefficient (Wildman–Crippen LogP) is 1.62. The summed E-state index contributed by atoms with van der Waals surface area (Å²) in [6, 6.07) is 3.49. The highest BCUT2D eigenvalue weighted by Gasteiger charge is 2.30. The summed E-state index contributed by atoms with van der Waals surface area (Å²) < 4.78 is 39.2. The van der Waals surface area contributed by atoms with Crippen molar-refractivity contribution in [1.29, 1.82) is 0 Å². The molecule has 100 valence electrons. The average molecular weight is 294 g/mol. The summed E-state index contributed by atoms with van der Waals surface area (Å²) in [6.07, 6.45) is 0.259. The fraction of sp³-hybridized carbons (Fsp3) is 0.455. The number of rotatable bonds is 2. The van der Waals surface area contributed by atoms with Crippen molar-refractivity contribution in [3.63, 3.8) is 0 Å². The molecule has 0 atom stereocenters. The van der Waals surface area contributed by atoms with Gasteiger partial charge in [0.1, 0.15) is 10.7 Å². The number of sulfonamides is 1. The van der Waals surface area contributed by atoms with Crippen LogP contribution in [0.25, 0.3) is 0 Å². The van der Waals surface area contributed by atoms with Gasteiger partial charge in [-0.3, -0.25) is 0 Å². The maximum atomic E-state index is 13.6. The Kier molecular flexibility index (Phi) is 3.91. The standard InChI is InChI=1S/C11H13ClFNO3S/c12-8-1-2-11(10(13)7-8)18(16,17)14-5-3-9(15)4-6-14/h1-2,7,9,15H,3-6H2. The molecule has 1 aromatic carbocycles. The van der Waals surface area contributed by atoms with Gasteiger partial charge in [0.2, 0.25) is 10.0 Å². The van der Waals surface area contributed by atoms with Crippen molar-refractivity contribution in [1.82, 2.24) is 4.31 Å². The second kappa shape index (κ2) is 5.13. The van der Waals surface area contributed by atoms with Gasteiger partial charge >= 0.3 is 0 Å². The molecule has 0 unspecified atom stereocenters. The first-order valence-electron chi connectivity index (χ1n) is 5.54.